The highest BCUT2D eigenvalue weighted by Gasteiger charge is 2.19. The first kappa shape index (κ1) is 20.0. The highest BCUT2D eigenvalue weighted by Crippen LogP contribution is 2.18. The second kappa shape index (κ2) is 9.40. The molecule has 0 spiro atoms. The zero-order chi connectivity index (χ0) is 19.1. The summed E-state index contributed by atoms with van der Waals surface area (Å²) in [7, 11) is 0. The predicted octanol–water partition coefficient (Wildman–Crippen LogP) is 1.89. The maximum Gasteiger partial charge on any atom is 0.326 e. The van der Waals surface area contributed by atoms with E-state index in [1.54, 1.807) is 24.3 Å². The van der Waals surface area contributed by atoms with Crippen LogP contribution < -0.4 is 10.9 Å². The van der Waals surface area contributed by atoms with E-state index >= 15 is 0 Å². The number of benzene rings is 1. The number of thioether (sulfide) groups is 1. The Morgan fingerprint density at radius 1 is 1.35 bits per heavy atom. The van der Waals surface area contributed by atoms with Gasteiger partial charge in [0.25, 0.3) is 5.56 Å². The third-order valence-electron chi connectivity index (χ3n) is 3.57. The van der Waals surface area contributed by atoms with Gasteiger partial charge in [-0.25, -0.2) is 9.78 Å². The molecular weight excluding hydrogens is 378 g/mol. The van der Waals surface area contributed by atoms with Gasteiger partial charge in [0.1, 0.15) is 12.6 Å². The second-order valence-corrected chi connectivity index (χ2v) is 6.91. The van der Waals surface area contributed by atoms with Gasteiger partial charge in [0, 0.05) is 16.8 Å². The van der Waals surface area contributed by atoms with Crippen LogP contribution in [0.1, 0.15) is 6.42 Å². The van der Waals surface area contributed by atoms with E-state index in [1.807, 2.05) is 6.26 Å². The molecule has 0 saturated carbocycles. The van der Waals surface area contributed by atoms with Crippen molar-refractivity contribution in [1.82, 2.24) is 14.9 Å². The Bertz CT molecular complexity index is 839. The molecular formula is C17H18ClN3O4S. The molecule has 2 N–H and O–H groups in total. The SMILES string of the molecule is CSCCC(NC(=O)Cn1cc(-c2ccc(Cl)cc2)ncc1=O)C(=O)O. The van der Waals surface area contributed by atoms with E-state index in [0.29, 0.717) is 22.9 Å². The van der Waals surface area contributed by atoms with Crippen molar-refractivity contribution in [2.24, 2.45) is 0 Å². The number of hydrogen-bond acceptors (Lipinski definition) is 5. The molecule has 1 unspecified atom stereocenters. The summed E-state index contributed by atoms with van der Waals surface area (Å²) < 4.78 is 1.19. The van der Waals surface area contributed by atoms with Crippen molar-refractivity contribution in [2.45, 2.75) is 19.0 Å². The number of aliphatic carboxylic acids is 1. The molecule has 2 aromatic rings. The summed E-state index contributed by atoms with van der Waals surface area (Å²) in [4.78, 5) is 39.4. The number of carboxylic acid groups (broad SMARTS) is 1. The third kappa shape index (κ3) is 5.60. The number of nitrogens with one attached hydrogen (secondary N) is 1. The Balaban J connectivity index is 2.14. The fraction of sp³-hybridized carbons (Fsp3) is 0.294. The Kier molecular flexibility index (Phi) is 7.23. The van der Waals surface area contributed by atoms with Crippen molar-refractivity contribution in [2.75, 3.05) is 12.0 Å². The molecule has 1 atom stereocenters. The van der Waals surface area contributed by atoms with Gasteiger partial charge in [-0.05, 0) is 30.6 Å². The minimum Gasteiger partial charge on any atom is -0.480 e. The fourth-order valence-electron chi connectivity index (χ4n) is 2.22. The van der Waals surface area contributed by atoms with Crippen LogP contribution in [0.25, 0.3) is 11.3 Å². The predicted molar refractivity (Wildman–Crippen MR) is 102 cm³/mol. The van der Waals surface area contributed by atoms with Crippen LogP contribution in [0.4, 0.5) is 0 Å². The zero-order valence-corrected chi connectivity index (χ0v) is 15.6. The first-order valence-corrected chi connectivity index (χ1v) is 9.51. The van der Waals surface area contributed by atoms with E-state index < -0.39 is 23.5 Å². The fourth-order valence-corrected chi connectivity index (χ4v) is 2.82. The lowest BCUT2D eigenvalue weighted by Gasteiger charge is -2.14. The van der Waals surface area contributed by atoms with Crippen LogP contribution >= 0.6 is 23.4 Å². The number of carboxylic acids is 1. The van der Waals surface area contributed by atoms with Gasteiger partial charge in [0.05, 0.1) is 11.9 Å². The number of carbonyl (C=O) groups is 2. The van der Waals surface area contributed by atoms with Crippen LogP contribution in [0, 0.1) is 0 Å². The molecule has 0 aliphatic carbocycles. The third-order valence-corrected chi connectivity index (χ3v) is 4.47. The van der Waals surface area contributed by atoms with Crippen LogP contribution in [0.15, 0.2) is 41.5 Å². The van der Waals surface area contributed by atoms with Gasteiger partial charge >= 0.3 is 5.97 Å². The summed E-state index contributed by atoms with van der Waals surface area (Å²) in [6.07, 6.45) is 4.75. The van der Waals surface area contributed by atoms with Crippen molar-refractivity contribution >= 4 is 35.2 Å². The number of carbonyl (C=O) groups excluding carboxylic acids is 1. The van der Waals surface area contributed by atoms with E-state index in [1.165, 1.54) is 22.5 Å². The molecule has 0 saturated heterocycles. The molecule has 1 amide bonds. The van der Waals surface area contributed by atoms with E-state index in [4.69, 9.17) is 11.6 Å². The van der Waals surface area contributed by atoms with Gasteiger partial charge in [0.2, 0.25) is 5.91 Å². The largest absolute Gasteiger partial charge is 0.480 e. The molecule has 0 aliphatic rings. The molecule has 0 radical (unpaired) electrons. The first-order valence-electron chi connectivity index (χ1n) is 7.74. The standard InChI is InChI=1S/C17H18ClN3O4S/c1-26-7-6-13(17(24)25)20-15(22)10-21-9-14(19-8-16(21)23)11-2-4-12(18)5-3-11/h2-5,8-9,13H,6-7,10H2,1H3,(H,20,22)(H,24,25). The van der Waals surface area contributed by atoms with Gasteiger partial charge in [-0.3, -0.25) is 9.59 Å². The molecule has 7 nitrogen and oxygen atoms in total. The van der Waals surface area contributed by atoms with Gasteiger partial charge in [0.15, 0.2) is 0 Å². The minimum atomic E-state index is -1.10. The lowest BCUT2D eigenvalue weighted by molar-refractivity contribution is -0.141. The smallest absolute Gasteiger partial charge is 0.326 e. The van der Waals surface area contributed by atoms with Crippen LogP contribution in [-0.2, 0) is 16.1 Å². The highest BCUT2D eigenvalue weighted by atomic mass is 35.5. The van der Waals surface area contributed by atoms with Crippen LogP contribution in [-0.4, -0.2) is 44.6 Å². The summed E-state index contributed by atoms with van der Waals surface area (Å²) >= 11 is 7.35. The number of hydrogen-bond donors (Lipinski definition) is 2. The van der Waals surface area contributed by atoms with Gasteiger partial charge in [-0.2, -0.15) is 11.8 Å². The average Bonchev–Trinajstić information content (AvgIpc) is 2.61. The van der Waals surface area contributed by atoms with Crippen molar-refractivity contribution < 1.29 is 14.7 Å². The monoisotopic (exact) mass is 395 g/mol. The molecule has 0 fully saturated rings. The van der Waals surface area contributed by atoms with E-state index in [2.05, 4.69) is 10.3 Å². The minimum absolute atomic E-state index is 0.287. The van der Waals surface area contributed by atoms with Crippen molar-refractivity contribution in [1.29, 1.82) is 0 Å². The number of rotatable bonds is 8. The summed E-state index contributed by atoms with van der Waals surface area (Å²) in [5, 5.41) is 12.2. The molecule has 1 heterocycles. The number of halogens is 1. The van der Waals surface area contributed by atoms with E-state index in [-0.39, 0.29) is 6.54 Å². The molecule has 0 aliphatic heterocycles. The maximum absolute atomic E-state index is 12.2. The number of amides is 1. The summed E-state index contributed by atoms with van der Waals surface area (Å²) in [6, 6.07) is 5.92. The summed E-state index contributed by atoms with van der Waals surface area (Å²) in [5.74, 6) is -1.04. The molecule has 1 aromatic carbocycles. The van der Waals surface area contributed by atoms with E-state index in [9.17, 15) is 19.5 Å². The lowest BCUT2D eigenvalue weighted by Crippen LogP contribution is -2.43. The van der Waals surface area contributed by atoms with Gasteiger partial charge in [-0.1, -0.05) is 23.7 Å². The van der Waals surface area contributed by atoms with Crippen LogP contribution in [0.2, 0.25) is 5.02 Å². The normalized spacial score (nSPS) is 11.8. The zero-order valence-electron chi connectivity index (χ0n) is 14.0. The average molecular weight is 396 g/mol. The summed E-state index contributed by atoms with van der Waals surface area (Å²) in [5.41, 5.74) is 0.798. The van der Waals surface area contributed by atoms with Crippen molar-refractivity contribution in [3.8, 4) is 11.3 Å². The molecule has 0 bridgehead atoms. The van der Waals surface area contributed by atoms with E-state index in [0.717, 1.165) is 11.8 Å². The number of aromatic nitrogens is 2. The number of nitrogens with zero attached hydrogens (tertiary/aromatic N) is 2. The molecule has 138 valence electrons. The molecule has 2 rings (SSSR count). The quantitative estimate of drug-likeness (QED) is 0.707. The van der Waals surface area contributed by atoms with Crippen LogP contribution in [0.5, 0.6) is 0 Å². The molecule has 9 heteroatoms. The van der Waals surface area contributed by atoms with Crippen molar-refractivity contribution in [3.63, 3.8) is 0 Å². The summed E-state index contributed by atoms with van der Waals surface area (Å²) in [6.45, 7) is -0.287. The molecule has 1 aromatic heterocycles. The Morgan fingerprint density at radius 3 is 2.65 bits per heavy atom. The first-order chi connectivity index (χ1) is 12.4. The van der Waals surface area contributed by atoms with Gasteiger partial charge < -0.3 is 15.0 Å². The Morgan fingerprint density at radius 2 is 2.04 bits per heavy atom. The highest BCUT2D eigenvalue weighted by molar-refractivity contribution is 7.98. The Hall–Kier alpha value is -2.32. The maximum atomic E-state index is 12.2. The lowest BCUT2D eigenvalue weighted by atomic mass is 10.2. The van der Waals surface area contributed by atoms with Crippen molar-refractivity contribution in [3.05, 3.63) is 52.0 Å². The Labute approximate surface area is 159 Å². The topological polar surface area (TPSA) is 101 Å². The molecule has 26 heavy (non-hydrogen) atoms. The van der Waals surface area contributed by atoms with Gasteiger partial charge in [-0.15, -0.1) is 0 Å². The van der Waals surface area contributed by atoms with Crippen LogP contribution in [0.3, 0.4) is 0 Å². The second-order valence-electron chi connectivity index (χ2n) is 5.49.